The molecule has 0 atom stereocenters. The summed E-state index contributed by atoms with van der Waals surface area (Å²) in [6.45, 7) is 6.24. The first kappa shape index (κ1) is 12.6. The number of nitrogens with two attached hydrogens (primary N) is 1. The lowest BCUT2D eigenvalue weighted by molar-refractivity contribution is 0.251. The maximum absolute atomic E-state index is 5.62. The standard InChI is InChI=1S/C13H23N3O/c1-15(7-8-16-5-2-3-6-16)11-12-4-9-17-13(12)10-14/h4,9H,2-3,5-8,10-11,14H2,1H3. The fourth-order valence-corrected chi connectivity index (χ4v) is 2.38. The summed E-state index contributed by atoms with van der Waals surface area (Å²) >= 11 is 0. The summed E-state index contributed by atoms with van der Waals surface area (Å²) in [7, 11) is 2.16. The number of rotatable bonds is 6. The van der Waals surface area contributed by atoms with Crippen LogP contribution in [0.1, 0.15) is 24.2 Å². The van der Waals surface area contributed by atoms with E-state index in [-0.39, 0.29) is 0 Å². The molecule has 0 saturated carbocycles. The van der Waals surface area contributed by atoms with Crippen molar-refractivity contribution >= 4 is 0 Å². The van der Waals surface area contributed by atoms with Crippen molar-refractivity contribution in [3.05, 3.63) is 23.7 Å². The highest BCUT2D eigenvalue weighted by molar-refractivity contribution is 5.16. The highest BCUT2D eigenvalue weighted by Gasteiger charge is 2.12. The van der Waals surface area contributed by atoms with Crippen LogP contribution in [0.4, 0.5) is 0 Å². The van der Waals surface area contributed by atoms with E-state index in [1.54, 1.807) is 6.26 Å². The zero-order valence-corrected chi connectivity index (χ0v) is 10.7. The average Bonchev–Trinajstić information content (AvgIpc) is 2.97. The van der Waals surface area contributed by atoms with Crippen LogP contribution in [-0.2, 0) is 13.1 Å². The smallest absolute Gasteiger partial charge is 0.121 e. The van der Waals surface area contributed by atoms with Crippen molar-refractivity contribution in [2.24, 2.45) is 5.73 Å². The second-order valence-corrected chi connectivity index (χ2v) is 4.86. The van der Waals surface area contributed by atoms with Gasteiger partial charge < -0.3 is 20.0 Å². The van der Waals surface area contributed by atoms with Crippen molar-refractivity contribution in [2.45, 2.75) is 25.9 Å². The molecule has 2 N–H and O–H groups in total. The normalized spacial score (nSPS) is 17.1. The summed E-state index contributed by atoms with van der Waals surface area (Å²) in [5.74, 6) is 0.915. The van der Waals surface area contributed by atoms with E-state index in [9.17, 15) is 0 Å². The molecule has 1 saturated heterocycles. The minimum Gasteiger partial charge on any atom is -0.468 e. The minimum atomic E-state index is 0.488. The SMILES string of the molecule is CN(CCN1CCCC1)Cc1ccoc1CN. The van der Waals surface area contributed by atoms with Gasteiger partial charge in [-0.3, -0.25) is 0 Å². The van der Waals surface area contributed by atoms with Crippen LogP contribution >= 0.6 is 0 Å². The van der Waals surface area contributed by atoms with E-state index in [1.807, 2.05) is 6.07 Å². The number of likely N-dealkylation sites (tertiary alicyclic amines) is 1. The van der Waals surface area contributed by atoms with Gasteiger partial charge in [0.25, 0.3) is 0 Å². The summed E-state index contributed by atoms with van der Waals surface area (Å²) in [6.07, 6.45) is 4.46. The van der Waals surface area contributed by atoms with Gasteiger partial charge in [-0.25, -0.2) is 0 Å². The molecule has 1 fully saturated rings. The van der Waals surface area contributed by atoms with Gasteiger partial charge >= 0.3 is 0 Å². The van der Waals surface area contributed by atoms with Gasteiger partial charge in [-0.15, -0.1) is 0 Å². The molecule has 2 heterocycles. The van der Waals surface area contributed by atoms with E-state index in [2.05, 4.69) is 16.8 Å². The fraction of sp³-hybridized carbons (Fsp3) is 0.692. The summed E-state index contributed by atoms with van der Waals surface area (Å²) in [6, 6.07) is 2.02. The predicted octanol–water partition coefficient (Wildman–Crippen LogP) is 1.27. The highest BCUT2D eigenvalue weighted by atomic mass is 16.3. The number of furan rings is 1. The molecule has 0 unspecified atom stereocenters. The zero-order valence-electron chi connectivity index (χ0n) is 10.7. The molecule has 4 nitrogen and oxygen atoms in total. The van der Waals surface area contributed by atoms with Crippen LogP contribution < -0.4 is 5.73 Å². The number of hydrogen-bond acceptors (Lipinski definition) is 4. The first-order valence-corrected chi connectivity index (χ1v) is 6.46. The van der Waals surface area contributed by atoms with Crippen LogP contribution in [0.15, 0.2) is 16.7 Å². The number of nitrogens with zero attached hydrogens (tertiary/aromatic N) is 2. The van der Waals surface area contributed by atoms with Gasteiger partial charge in [-0.2, -0.15) is 0 Å². The summed E-state index contributed by atoms with van der Waals surface area (Å²) < 4.78 is 5.33. The first-order valence-electron chi connectivity index (χ1n) is 6.46. The quantitative estimate of drug-likeness (QED) is 0.809. The Hall–Kier alpha value is -0.840. The van der Waals surface area contributed by atoms with E-state index in [1.165, 1.54) is 38.0 Å². The molecule has 0 bridgehead atoms. The molecule has 4 heteroatoms. The third-order valence-corrected chi connectivity index (χ3v) is 3.46. The zero-order chi connectivity index (χ0) is 12.1. The van der Waals surface area contributed by atoms with Crippen LogP contribution in [0.2, 0.25) is 0 Å². The summed E-state index contributed by atoms with van der Waals surface area (Å²) in [5, 5.41) is 0. The minimum absolute atomic E-state index is 0.488. The number of hydrogen-bond donors (Lipinski definition) is 1. The molecule has 0 amide bonds. The average molecular weight is 237 g/mol. The van der Waals surface area contributed by atoms with E-state index in [0.29, 0.717) is 6.54 Å². The number of likely N-dealkylation sites (N-methyl/N-ethyl adjacent to an activating group) is 1. The highest BCUT2D eigenvalue weighted by Crippen LogP contribution is 2.12. The summed E-state index contributed by atoms with van der Waals surface area (Å²) in [5.41, 5.74) is 6.84. The molecule has 2 rings (SSSR count). The van der Waals surface area contributed by atoms with Gasteiger partial charge in [0.15, 0.2) is 0 Å². The van der Waals surface area contributed by atoms with Crippen molar-refractivity contribution in [3.63, 3.8) is 0 Å². The second kappa shape index (κ2) is 6.19. The van der Waals surface area contributed by atoms with E-state index < -0.39 is 0 Å². The molecule has 96 valence electrons. The van der Waals surface area contributed by atoms with Crippen LogP contribution in [0, 0.1) is 0 Å². The van der Waals surface area contributed by atoms with Gasteiger partial charge in [0.05, 0.1) is 12.8 Å². The lowest BCUT2D eigenvalue weighted by Crippen LogP contribution is -2.31. The largest absolute Gasteiger partial charge is 0.468 e. The van der Waals surface area contributed by atoms with E-state index in [0.717, 1.165) is 18.8 Å². The third kappa shape index (κ3) is 3.56. The Labute approximate surface area is 103 Å². The van der Waals surface area contributed by atoms with Crippen molar-refractivity contribution in [1.29, 1.82) is 0 Å². The van der Waals surface area contributed by atoms with Crippen molar-refractivity contribution in [2.75, 3.05) is 33.2 Å². The maximum Gasteiger partial charge on any atom is 0.121 e. The van der Waals surface area contributed by atoms with Gasteiger partial charge in [0.2, 0.25) is 0 Å². The molecular weight excluding hydrogens is 214 g/mol. The second-order valence-electron chi connectivity index (χ2n) is 4.86. The van der Waals surface area contributed by atoms with E-state index in [4.69, 9.17) is 10.2 Å². The van der Waals surface area contributed by atoms with Crippen LogP contribution in [0.3, 0.4) is 0 Å². The fourth-order valence-electron chi connectivity index (χ4n) is 2.38. The monoisotopic (exact) mass is 237 g/mol. The summed E-state index contributed by atoms with van der Waals surface area (Å²) in [4.78, 5) is 4.87. The Morgan fingerprint density at radius 3 is 2.88 bits per heavy atom. The van der Waals surface area contributed by atoms with Crippen LogP contribution in [0.5, 0.6) is 0 Å². The Balaban J connectivity index is 1.74. The lowest BCUT2D eigenvalue weighted by atomic mass is 10.2. The lowest BCUT2D eigenvalue weighted by Gasteiger charge is -2.21. The Kier molecular flexibility index (Phi) is 4.59. The molecule has 0 spiro atoms. The van der Waals surface area contributed by atoms with Crippen molar-refractivity contribution in [1.82, 2.24) is 9.80 Å². The van der Waals surface area contributed by atoms with Gasteiger partial charge in [0, 0.05) is 25.2 Å². The Morgan fingerprint density at radius 1 is 1.41 bits per heavy atom. The van der Waals surface area contributed by atoms with Gasteiger partial charge in [-0.05, 0) is 39.0 Å². The molecule has 1 aromatic rings. The van der Waals surface area contributed by atoms with Crippen molar-refractivity contribution in [3.8, 4) is 0 Å². The first-order chi connectivity index (χ1) is 8.29. The van der Waals surface area contributed by atoms with Gasteiger partial charge in [-0.1, -0.05) is 0 Å². The van der Waals surface area contributed by atoms with Gasteiger partial charge in [0.1, 0.15) is 5.76 Å². The predicted molar refractivity (Wildman–Crippen MR) is 68.6 cm³/mol. The molecule has 1 aliphatic rings. The van der Waals surface area contributed by atoms with Crippen LogP contribution in [-0.4, -0.2) is 43.0 Å². The molecule has 0 aromatic carbocycles. The topological polar surface area (TPSA) is 45.6 Å². The third-order valence-electron chi connectivity index (χ3n) is 3.46. The maximum atomic E-state index is 5.62. The Bertz CT molecular complexity index is 331. The van der Waals surface area contributed by atoms with E-state index >= 15 is 0 Å². The Morgan fingerprint density at radius 2 is 2.18 bits per heavy atom. The molecule has 1 aliphatic heterocycles. The molecule has 0 radical (unpaired) electrons. The molecule has 17 heavy (non-hydrogen) atoms. The van der Waals surface area contributed by atoms with Crippen LogP contribution in [0.25, 0.3) is 0 Å². The van der Waals surface area contributed by atoms with Crippen molar-refractivity contribution < 1.29 is 4.42 Å². The molecule has 0 aliphatic carbocycles. The molecule has 1 aromatic heterocycles. The molecular formula is C13H23N3O.